The van der Waals surface area contributed by atoms with E-state index in [-0.39, 0.29) is 5.91 Å². The van der Waals surface area contributed by atoms with E-state index in [9.17, 15) is 4.79 Å². The number of hydrogen-bond acceptors (Lipinski definition) is 5. The van der Waals surface area contributed by atoms with E-state index in [4.69, 9.17) is 0 Å². The molecule has 1 aliphatic heterocycles. The van der Waals surface area contributed by atoms with Crippen molar-refractivity contribution in [3.63, 3.8) is 0 Å². The molecular formula is C17H24N6O. The number of rotatable bonds is 5. The molecule has 2 aromatic heterocycles. The minimum absolute atomic E-state index is 0.0568. The zero-order valence-electron chi connectivity index (χ0n) is 14.5. The third-order valence-corrected chi connectivity index (χ3v) is 4.63. The molecule has 3 heterocycles. The fourth-order valence-corrected chi connectivity index (χ4v) is 3.16. The van der Waals surface area contributed by atoms with E-state index in [0.29, 0.717) is 24.7 Å². The molecule has 2 aromatic rings. The molecule has 1 amide bonds. The fraction of sp³-hybridized carbons (Fsp3) is 0.529. The van der Waals surface area contributed by atoms with E-state index < -0.39 is 0 Å². The van der Waals surface area contributed by atoms with Gasteiger partial charge in [0.1, 0.15) is 0 Å². The Morgan fingerprint density at radius 3 is 2.79 bits per heavy atom. The molecule has 0 spiro atoms. The summed E-state index contributed by atoms with van der Waals surface area (Å²) in [5.74, 6) is 0.445. The van der Waals surface area contributed by atoms with Gasteiger partial charge in [-0.05, 0) is 57.4 Å². The van der Waals surface area contributed by atoms with Crippen molar-refractivity contribution in [1.82, 2.24) is 25.3 Å². The van der Waals surface area contributed by atoms with Crippen LogP contribution in [0.25, 0.3) is 0 Å². The highest BCUT2D eigenvalue weighted by Gasteiger charge is 2.18. The molecule has 0 saturated carbocycles. The van der Waals surface area contributed by atoms with Crippen LogP contribution in [0.4, 0.5) is 5.82 Å². The number of aryl methyl sites for hydroxylation is 2. The third kappa shape index (κ3) is 3.62. The summed E-state index contributed by atoms with van der Waals surface area (Å²) in [7, 11) is 1.92. The highest BCUT2D eigenvalue weighted by molar-refractivity contribution is 5.89. The molecule has 0 radical (unpaired) electrons. The standard InChI is InChI=1S/C17H24N6O/c1-11-13(12(2)23(3)22-11)6-9-17(24)19-16-8-7-15(20-21-16)14-5-4-10-18-14/h7-8,14,18H,4-6,9-10H2,1-3H3,(H,19,21,24). The summed E-state index contributed by atoms with van der Waals surface area (Å²) in [5, 5.41) is 18.9. The van der Waals surface area contributed by atoms with Crippen LogP contribution in [-0.2, 0) is 18.3 Å². The predicted molar refractivity (Wildman–Crippen MR) is 91.6 cm³/mol. The normalized spacial score (nSPS) is 17.2. The number of aromatic nitrogens is 4. The third-order valence-electron chi connectivity index (χ3n) is 4.63. The van der Waals surface area contributed by atoms with Crippen molar-refractivity contribution in [3.05, 3.63) is 34.8 Å². The second-order valence-electron chi connectivity index (χ2n) is 6.31. The first-order valence-corrected chi connectivity index (χ1v) is 8.40. The molecule has 1 saturated heterocycles. The molecular weight excluding hydrogens is 304 g/mol. The highest BCUT2D eigenvalue weighted by atomic mass is 16.1. The van der Waals surface area contributed by atoms with Gasteiger partial charge in [-0.3, -0.25) is 9.48 Å². The van der Waals surface area contributed by atoms with Gasteiger partial charge in [-0.2, -0.15) is 10.2 Å². The van der Waals surface area contributed by atoms with Crippen molar-refractivity contribution in [3.8, 4) is 0 Å². The number of carbonyl (C=O) groups excluding carboxylic acids is 1. The molecule has 7 nitrogen and oxygen atoms in total. The summed E-state index contributed by atoms with van der Waals surface area (Å²) in [6.45, 7) is 5.02. The van der Waals surface area contributed by atoms with Gasteiger partial charge in [0.25, 0.3) is 0 Å². The van der Waals surface area contributed by atoms with Gasteiger partial charge in [0.2, 0.25) is 5.91 Å². The molecule has 128 valence electrons. The smallest absolute Gasteiger partial charge is 0.225 e. The minimum Gasteiger partial charge on any atom is -0.309 e. The summed E-state index contributed by atoms with van der Waals surface area (Å²) in [6.07, 6.45) is 3.33. The van der Waals surface area contributed by atoms with Crippen molar-refractivity contribution >= 4 is 11.7 Å². The second-order valence-corrected chi connectivity index (χ2v) is 6.31. The zero-order valence-corrected chi connectivity index (χ0v) is 14.5. The summed E-state index contributed by atoms with van der Waals surface area (Å²) < 4.78 is 1.85. The van der Waals surface area contributed by atoms with Gasteiger partial charge in [-0.1, -0.05) is 0 Å². The average molecular weight is 328 g/mol. The number of nitrogens with zero attached hydrogens (tertiary/aromatic N) is 4. The van der Waals surface area contributed by atoms with Gasteiger partial charge in [-0.15, -0.1) is 5.10 Å². The van der Waals surface area contributed by atoms with Crippen LogP contribution in [0.2, 0.25) is 0 Å². The lowest BCUT2D eigenvalue weighted by atomic mass is 10.1. The minimum atomic E-state index is -0.0568. The van der Waals surface area contributed by atoms with Crippen LogP contribution >= 0.6 is 0 Å². The van der Waals surface area contributed by atoms with E-state index in [1.165, 1.54) is 0 Å². The van der Waals surface area contributed by atoms with Crippen LogP contribution in [0, 0.1) is 13.8 Å². The zero-order chi connectivity index (χ0) is 17.1. The Kier molecular flexibility index (Phi) is 4.89. The molecule has 2 N–H and O–H groups in total. The number of nitrogens with one attached hydrogen (secondary N) is 2. The van der Waals surface area contributed by atoms with E-state index in [0.717, 1.165) is 42.0 Å². The maximum Gasteiger partial charge on any atom is 0.225 e. The lowest BCUT2D eigenvalue weighted by Gasteiger charge is -2.09. The quantitative estimate of drug-likeness (QED) is 0.874. The summed E-state index contributed by atoms with van der Waals surface area (Å²) in [6, 6.07) is 4.04. The molecule has 7 heteroatoms. The molecule has 24 heavy (non-hydrogen) atoms. The lowest BCUT2D eigenvalue weighted by Crippen LogP contribution is -2.17. The van der Waals surface area contributed by atoms with E-state index in [2.05, 4.69) is 25.9 Å². The van der Waals surface area contributed by atoms with Crippen molar-refractivity contribution in [1.29, 1.82) is 0 Å². The molecule has 1 fully saturated rings. The first-order chi connectivity index (χ1) is 11.5. The predicted octanol–water partition coefficient (Wildman–Crippen LogP) is 1.82. The monoisotopic (exact) mass is 328 g/mol. The Balaban J connectivity index is 1.54. The van der Waals surface area contributed by atoms with Gasteiger partial charge in [0.15, 0.2) is 5.82 Å². The van der Waals surface area contributed by atoms with E-state index >= 15 is 0 Å². The van der Waals surface area contributed by atoms with Crippen LogP contribution < -0.4 is 10.6 Å². The SMILES string of the molecule is Cc1nn(C)c(C)c1CCC(=O)Nc1ccc(C2CCCN2)nn1. The van der Waals surface area contributed by atoms with Crippen molar-refractivity contribution in [2.45, 2.75) is 45.6 Å². The Labute approximate surface area is 141 Å². The molecule has 1 aliphatic rings. The molecule has 0 aliphatic carbocycles. The maximum absolute atomic E-state index is 12.1. The van der Waals surface area contributed by atoms with Gasteiger partial charge >= 0.3 is 0 Å². The van der Waals surface area contributed by atoms with Crippen LogP contribution in [0.3, 0.4) is 0 Å². The fourth-order valence-electron chi connectivity index (χ4n) is 3.16. The number of anilines is 1. The first kappa shape index (κ1) is 16.6. The topological polar surface area (TPSA) is 84.7 Å². The summed E-state index contributed by atoms with van der Waals surface area (Å²) in [5.41, 5.74) is 4.16. The van der Waals surface area contributed by atoms with Gasteiger partial charge in [0, 0.05) is 19.2 Å². The molecule has 3 rings (SSSR count). The van der Waals surface area contributed by atoms with E-state index in [1.54, 1.807) is 0 Å². The van der Waals surface area contributed by atoms with Crippen molar-refractivity contribution in [2.75, 3.05) is 11.9 Å². The Morgan fingerprint density at radius 2 is 2.21 bits per heavy atom. The van der Waals surface area contributed by atoms with Gasteiger partial charge in [0.05, 0.1) is 17.4 Å². The lowest BCUT2D eigenvalue weighted by molar-refractivity contribution is -0.116. The van der Waals surface area contributed by atoms with Crippen molar-refractivity contribution < 1.29 is 4.79 Å². The summed E-state index contributed by atoms with van der Waals surface area (Å²) >= 11 is 0. The van der Waals surface area contributed by atoms with E-state index in [1.807, 2.05) is 37.7 Å². The van der Waals surface area contributed by atoms with Gasteiger partial charge in [-0.25, -0.2) is 0 Å². The Hall–Kier alpha value is -2.28. The van der Waals surface area contributed by atoms with Gasteiger partial charge < -0.3 is 10.6 Å². The van der Waals surface area contributed by atoms with Crippen LogP contribution in [-0.4, -0.2) is 32.4 Å². The van der Waals surface area contributed by atoms with Crippen LogP contribution in [0.15, 0.2) is 12.1 Å². The first-order valence-electron chi connectivity index (χ1n) is 8.40. The van der Waals surface area contributed by atoms with Crippen LogP contribution in [0.1, 0.15) is 47.9 Å². The molecule has 1 unspecified atom stereocenters. The number of hydrogen-bond donors (Lipinski definition) is 2. The average Bonchev–Trinajstić information content (AvgIpc) is 3.17. The maximum atomic E-state index is 12.1. The molecule has 1 atom stereocenters. The number of carbonyl (C=O) groups is 1. The highest BCUT2D eigenvalue weighted by Crippen LogP contribution is 2.21. The molecule has 0 bridgehead atoms. The second kappa shape index (κ2) is 7.09. The summed E-state index contributed by atoms with van der Waals surface area (Å²) in [4.78, 5) is 12.1. The Bertz CT molecular complexity index is 715. The largest absolute Gasteiger partial charge is 0.309 e. The Morgan fingerprint density at radius 1 is 1.38 bits per heavy atom. The number of amides is 1. The van der Waals surface area contributed by atoms with Crippen molar-refractivity contribution in [2.24, 2.45) is 7.05 Å². The van der Waals surface area contributed by atoms with Crippen LogP contribution in [0.5, 0.6) is 0 Å². The molecule has 0 aromatic carbocycles.